The fourth-order valence-electron chi connectivity index (χ4n) is 2.34. The van der Waals surface area contributed by atoms with Gasteiger partial charge in [-0.2, -0.15) is 0 Å². The van der Waals surface area contributed by atoms with Crippen LogP contribution in [0, 0.1) is 5.92 Å². The van der Waals surface area contributed by atoms with Crippen LogP contribution in [0.2, 0.25) is 0 Å². The van der Waals surface area contributed by atoms with Crippen molar-refractivity contribution in [3.05, 3.63) is 36.3 Å². The standard InChI is InChI=1S/C14H13N3O4/c18-13(17-6-3-10(8-17)14(19)20)11-7-12(21-16-11)9-1-4-15-5-2-9/h1-2,4-5,7,10H,3,6,8H2,(H,19,20). The molecule has 1 aliphatic rings. The minimum atomic E-state index is -0.872. The van der Waals surface area contributed by atoms with Crippen molar-refractivity contribution in [2.45, 2.75) is 6.42 Å². The zero-order chi connectivity index (χ0) is 14.8. The lowest BCUT2D eigenvalue weighted by Gasteiger charge is -2.13. The predicted octanol–water partition coefficient (Wildman–Crippen LogP) is 1.28. The van der Waals surface area contributed by atoms with E-state index in [9.17, 15) is 9.59 Å². The van der Waals surface area contributed by atoms with Crippen molar-refractivity contribution in [3.63, 3.8) is 0 Å². The second-order valence-corrected chi connectivity index (χ2v) is 4.89. The average Bonchev–Trinajstić information content (AvgIpc) is 3.17. The molecule has 1 aliphatic heterocycles. The van der Waals surface area contributed by atoms with E-state index in [-0.39, 0.29) is 18.1 Å². The molecule has 0 spiro atoms. The van der Waals surface area contributed by atoms with E-state index in [4.69, 9.17) is 9.63 Å². The maximum Gasteiger partial charge on any atom is 0.308 e. The Labute approximate surface area is 120 Å². The van der Waals surface area contributed by atoms with Crippen molar-refractivity contribution in [2.24, 2.45) is 5.92 Å². The van der Waals surface area contributed by atoms with Crippen molar-refractivity contribution in [1.29, 1.82) is 0 Å². The molecule has 108 valence electrons. The third-order valence-corrected chi connectivity index (χ3v) is 3.52. The fourth-order valence-corrected chi connectivity index (χ4v) is 2.34. The molecule has 7 nitrogen and oxygen atoms in total. The Morgan fingerprint density at radius 1 is 1.33 bits per heavy atom. The zero-order valence-corrected chi connectivity index (χ0v) is 11.1. The molecule has 0 radical (unpaired) electrons. The van der Waals surface area contributed by atoms with E-state index < -0.39 is 11.9 Å². The fraction of sp³-hybridized carbons (Fsp3) is 0.286. The van der Waals surface area contributed by atoms with Crippen LogP contribution in [0.15, 0.2) is 35.1 Å². The summed E-state index contributed by atoms with van der Waals surface area (Å²) in [6.45, 7) is 0.638. The van der Waals surface area contributed by atoms with Crippen molar-refractivity contribution < 1.29 is 19.2 Å². The molecule has 1 saturated heterocycles. The monoisotopic (exact) mass is 287 g/mol. The normalized spacial score (nSPS) is 17.9. The highest BCUT2D eigenvalue weighted by Gasteiger charge is 2.32. The van der Waals surface area contributed by atoms with Gasteiger partial charge in [-0.3, -0.25) is 14.6 Å². The largest absolute Gasteiger partial charge is 0.481 e. The van der Waals surface area contributed by atoms with Gasteiger partial charge in [-0.1, -0.05) is 5.16 Å². The number of rotatable bonds is 3. The molecular weight excluding hydrogens is 274 g/mol. The number of carbonyl (C=O) groups excluding carboxylic acids is 1. The van der Waals surface area contributed by atoms with Crippen LogP contribution < -0.4 is 0 Å². The average molecular weight is 287 g/mol. The highest BCUT2D eigenvalue weighted by Crippen LogP contribution is 2.22. The van der Waals surface area contributed by atoms with Gasteiger partial charge in [-0.25, -0.2) is 0 Å². The number of aliphatic carboxylic acids is 1. The Morgan fingerprint density at radius 2 is 2.10 bits per heavy atom. The van der Waals surface area contributed by atoms with E-state index in [0.29, 0.717) is 18.7 Å². The summed E-state index contributed by atoms with van der Waals surface area (Å²) in [4.78, 5) is 28.6. The Morgan fingerprint density at radius 3 is 2.76 bits per heavy atom. The first kappa shape index (κ1) is 13.3. The number of nitrogens with zero attached hydrogens (tertiary/aromatic N) is 3. The smallest absolute Gasteiger partial charge is 0.308 e. The Kier molecular flexibility index (Phi) is 3.39. The number of aromatic nitrogens is 2. The summed E-state index contributed by atoms with van der Waals surface area (Å²) >= 11 is 0. The number of carboxylic acid groups (broad SMARTS) is 1. The molecule has 1 atom stereocenters. The first-order chi connectivity index (χ1) is 10.1. The van der Waals surface area contributed by atoms with E-state index in [0.717, 1.165) is 5.56 Å². The third-order valence-electron chi connectivity index (χ3n) is 3.52. The first-order valence-electron chi connectivity index (χ1n) is 6.54. The summed E-state index contributed by atoms with van der Waals surface area (Å²) < 4.78 is 5.16. The number of carboxylic acids is 1. The number of likely N-dealkylation sites (tertiary alicyclic amines) is 1. The number of hydrogen-bond acceptors (Lipinski definition) is 5. The Balaban J connectivity index is 1.75. The molecule has 1 amide bonds. The molecule has 0 aromatic carbocycles. The molecule has 3 heterocycles. The van der Waals surface area contributed by atoms with Gasteiger partial charge >= 0.3 is 5.97 Å². The minimum absolute atomic E-state index is 0.188. The van der Waals surface area contributed by atoms with Crippen molar-refractivity contribution in [3.8, 4) is 11.3 Å². The van der Waals surface area contributed by atoms with Gasteiger partial charge in [0.2, 0.25) is 0 Å². The lowest BCUT2D eigenvalue weighted by atomic mass is 10.1. The molecule has 0 bridgehead atoms. The molecule has 2 aromatic rings. The van der Waals surface area contributed by atoms with E-state index in [1.54, 1.807) is 30.6 Å². The Bertz CT molecular complexity index is 668. The van der Waals surface area contributed by atoms with Gasteiger partial charge in [-0.15, -0.1) is 0 Å². The molecular formula is C14H13N3O4. The van der Waals surface area contributed by atoms with E-state index >= 15 is 0 Å². The molecule has 0 saturated carbocycles. The van der Waals surface area contributed by atoms with E-state index in [2.05, 4.69) is 10.1 Å². The van der Waals surface area contributed by atoms with Gasteiger partial charge in [-0.05, 0) is 18.6 Å². The van der Waals surface area contributed by atoms with Crippen molar-refractivity contribution >= 4 is 11.9 Å². The van der Waals surface area contributed by atoms with Gasteiger partial charge in [0.15, 0.2) is 11.5 Å². The summed E-state index contributed by atoms with van der Waals surface area (Å²) in [5, 5.41) is 12.7. The van der Waals surface area contributed by atoms with Crippen molar-refractivity contribution in [2.75, 3.05) is 13.1 Å². The van der Waals surface area contributed by atoms with Crippen LogP contribution in [-0.2, 0) is 4.79 Å². The summed E-state index contributed by atoms with van der Waals surface area (Å²) in [6, 6.07) is 5.07. The van der Waals surface area contributed by atoms with Crippen LogP contribution in [0.4, 0.5) is 0 Å². The van der Waals surface area contributed by atoms with Crippen molar-refractivity contribution in [1.82, 2.24) is 15.0 Å². The quantitative estimate of drug-likeness (QED) is 0.913. The highest BCUT2D eigenvalue weighted by molar-refractivity contribution is 5.93. The molecule has 1 fully saturated rings. The number of amides is 1. The van der Waals surface area contributed by atoms with Crippen LogP contribution in [0.5, 0.6) is 0 Å². The summed E-state index contributed by atoms with van der Waals surface area (Å²) in [5.41, 5.74) is 0.967. The molecule has 1 unspecified atom stereocenters. The van der Waals surface area contributed by atoms with Gasteiger partial charge < -0.3 is 14.5 Å². The first-order valence-corrected chi connectivity index (χ1v) is 6.54. The van der Waals surface area contributed by atoms with Crippen LogP contribution in [0.3, 0.4) is 0 Å². The maximum absolute atomic E-state index is 12.3. The second-order valence-electron chi connectivity index (χ2n) is 4.89. The van der Waals surface area contributed by atoms with Crippen LogP contribution in [0.25, 0.3) is 11.3 Å². The molecule has 21 heavy (non-hydrogen) atoms. The predicted molar refractivity (Wildman–Crippen MR) is 71.4 cm³/mol. The SMILES string of the molecule is O=C(O)C1CCN(C(=O)c2cc(-c3ccncc3)on2)C1. The summed E-state index contributed by atoms with van der Waals surface area (Å²) in [6.07, 6.45) is 3.71. The van der Waals surface area contributed by atoms with Crippen LogP contribution in [-0.4, -0.2) is 45.1 Å². The molecule has 2 aromatic heterocycles. The maximum atomic E-state index is 12.3. The Hall–Kier alpha value is -2.70. The van der Waals surface area contributed by atoms with Gasteiger partial charge in [0.05, 0.1) is 5.92 Å². The second kappa shape index (κ2) is 5.35. The van der Waals surface area contributed by atoms with Gasteiger partial charge in [0.25, 0.3) is 5.91 Å². The minimum Gasteiger partial charge on any atom is -0.481 e. The zero-order valence-electron chi connectivity index (χ0n) is 11.1. The lowest BCUT2D eigenvalue weighted by Crippen LogP contribution is -2.30. The topological polar surface area (TPSA) is 96.5 Å². The molecule has 3 rings (SSSR count). The summed E-state index contributed by atoms with van der Waals surface area (Å²) in [7, 11) is 0. The molecule has 0 aliphatic carbocycles. The van der Waals surface area contributed by atoms with Gasteiger partial charge in [0, 0.05) is 37.1 Å². The summed E-state index contributed by atoms with van der Waals surface area (Å²) in [5.74, 6) is -1.19. The molecule has 7 heteroatoms. The highest BCUT2D eigenvalue weighted by atomic mass is 16.5. The third kappa shape index (κ3) is 2.62. The van der Waals surface area contributed by atoms with Crippen LogP contribution >= 0.6 is 0 Å². The number of pyridine rings is 1. The number of hydrogen-bond donors (Lipinski definition) is 1. The lowest BCUT2D eigenvalue weighted by molar-refractivity contribution is -0.141. The molecule has 1 N–H and O–H groups in total. The van der Waals surface area contributed by atoms with E-state index in [1.165, 1.54) is 4.90 Å². The van der Waals surface area contributed by atoms with Crippen LogP contribution in [0.1, 0.15) is 16.9 Å². The van der Waals surface area contributed by atoms with E-state index in [1.807, 2.05) is 0 Å². The number of carbonyl (C=O) groups is 2. The van der Waals surface area contributed by atoms with Gasteiger partial charge in [0.1, 0.15) is 0 Å².